The number of anilines is 2. The van der Waals surface area contributed by atoms with Gasteiger partial charge in [0.25, 0.3) is 11.8 Å². The zero-order valence-electron chi connectivity index (χ0n) is 17.9. The highest BCUT2D eigenvalue weighted by molar-refractivity contribution is 6.09. The van der Waals surface area contributed by atoms with E-state index in [0.717, 1.165) is 11.1 Å². The highest BCUT2D eigenvalue weighted by Gasteiger charge is 2.10. The molecule has 32 heavy (non-hydrogen) atoms. The third kappa shape index (κ3) is 6.57. The molecule has 3 aromatic rings. The van der Waals surface area contributed by atoms with Crippen LogP contribution >= 0.6 is 0 Å². The van der Waals surface area contributed by atoms with E-state index in [1.54, 1.807) is 30.3 Å². The molecule has 0 saturated heterocycles. The Balaban J connectivity index is 1.62. The summed E-state index contributed by atoms with van der Waals surface area (Å²) in [6, 6.07) is 23.6. The fraction of sp³-hybridized carbons (Fsp3) is 0.115. The Morgan fingerprint density at radius 2 is 1.66 bits per heavy atom. The van der Waals surface area contributed by atoms with Crippen molar-refractivity contribution in [2.75, 3.05) is 17.2 Å². The number of benzene rings is 3. The first-order chi connectivity index (χ1) is 15.4. The van der Waals surface area contributed by atoms with Gasteiger partial charge in [0.05, 0.1) is 0 Å². The Bertz CT molecular complexity index is 1190. The summed E-state index contributed by atoms with van der Waals surface area (Å²) in [5, 5.41) is 14.9. The predicted octanol–water partition coefficient (Wildman–Crippen LogP) is 4.87. The number of carbonyl (C=O) groups is 2. The van der Waals surface area contributed by atoms with Crippen molar-refractivity contribution in [1.29, 1.82) is 5.26 Å². The number of amides is 2. The molecule has 6 nitrogen and oxygen atoms in total. The Morgan fingerprint density at radius 1 is 0.906 bits per heavy atom. The van der Waals surface area contributed by atoms with Crippen molar-refractivity contribution in [3.8, 4) is 11.8 Å². The number of ether oxygens (including phenoxy) is 1. The Hall–Kier alpha value is -4.37. The fourth-order valence-corrected chi connectivity index (χ4v) is 2.91. The quantitative estimate of drug-likeness (QED) is 0.417. The van der Waals surface area contributed by atoms with Crippen LogP contribution in [0, 0.1) is 25.2 Å². The molecule has 0 fully saturated rings. The molecule has 0 radical (unpaired) electrons. The number of hydrogen-bond acceptors (Lipinski definition) is 4. The minimum atomic E-state index is -0.498. The highest BCUT2D eigenvalue weighted by Crippen LogP contribution is 2.17. The second kappa shape index (κ2) is 10.6. The average Bonchev–Trinajstić information content (AvgIpc) is 2.78. The van der Waals surface area contributed by atoms with Crippen molar-refractivity contribution < 1.29 is 14.3 Å². The van der Waals surface area contributed by atoms with Crippen LogP contribution in [-0.2, 0) is 9.59 Å². The van der Waals surface area contributed by atoms with Gasteiger partial charge in [0, 0.05) is 11.4 Å². The molecule has 0 spiro atoms. The van der Waals surface area contributed by atoms with Crippen LogP contribution in [0.4, 0.5) is 11.4 Å². The van der Waals surface area contributed by atoms with Gasteiger partial charge >= 0.3 is 0 Å². The molecule has 2 N–H and O–H groups in total. The molecule has 0 unspecified atom stereocenters. The van der Waals surface area contributed by atoms with Crippen LogP contribution in [0.3, 0.4) is 0 Å². The lowest BCUT2D eigenvalue weighted by Crippen LogP contribution is -2.20. The van der Waals surface area contributed by atoms with Crippen molar-refractivity contribution in [3.63, 3.8) is 0 Å². The number of nitriles is 1. The van der Waals surface area contributed by atoms with Gasteiger partial charge in [0.1, 0.15) is 17.4 Å². The Kier molecular flexibility index (Phi) is 7.39. The summed E-state index contributed by atoms with van der Waals surface area (Å²) in [7, 11) is 0. The first kappa shape index (κ1) is 22.3. The van der Waals surface area contributed by atoms with Crippen molar-refractivity contribution in [2.45, 2.75) is 13.8 Å². The number of carbonyl (C=O) groups excluding carboxylic acids is 2. The van der Waals surface area contributed by atoms with E-state index in [1.807, 2.05) is 62.4 Å². The molecule has 3 rings (SSSR count). The normalized spacial score (nSPS) is 10.7. The lowest BCUT2D eigenvalue weighted by atomic mass is 10.1. The van der Waals surface area contributed by atoms with Crippen LogP contribution in [0.15, 0.2) is 78.4 Å². The van der Waals surface area contributed by atoms with Crippen LogP contribution in [-0.4, -0.2) is 18.4 Å². The third-order valence-corrected chi connectivity index (χ3v) is 4.52. The summed E-state index contributed by atoms with van der Waals surface area (Å²) >= 11 is 0. The largest absolute Gasteiger partial charge is 0.484 e. The van der Waals surface area contributed by atoms with E-state index in [4.69, 9.17) is 4.74 Å². The topological polar surface area (TPSA) is 91.2 Å². The third-order valence-electron chi connectivity index (χ3n) is 4.52. The summed E-state index contributed by atoms with van der Waals surface area (Å²) in [6.07, 6.45) is 1.48. The van der Waals surface area contributed by atoms with Crippen LogP contribution < -0.4 is 15.4 Å². The molecule has 0 aliphatic carbocycles. The van der Waals surface area contributed by atoms with Crippen LogP contribution in [0.5, 0.6) is 5.75 Å². The van der Waals surface area contributed by atoms with Gasteiger partial charge in [-0.15, -0.1) is 0 Å². The molecule has 0 heterocycles. The molecule has 0 aliphatic heterocycles. The number of rotatable bonds is 7. The lowest BCUT2D eigenvalue weighted by Gasteiger charge is -2.09. The van der Waals surface area contributed by atoms with Gasteiger partial charge in [-0.25, -0.2) is 0 Å². The van der Waals surface area contributed by atoms with Gasteiger partial charge in [-0.05, 0) is 67.4 Å². The van der Waals surface area contributed by atoms with Crippen molar-refractivity contribution >= 4 is 29.3 Å². The van der Waals surface area contributed by atoms with Crippen molar-refractivity contribution in [1.82, 2.24) is 0 Å². The van der Waals surface area contributed by atoms with E-state index in [0.29, 0.717) is 22.7 Å². The Labute approximate surface area is 187 Å². The van der Waals surface area contributed by atoms with Gasteiger partial charge in [-0.1, -0.05) is 42.0 Å². The fourth-order valence-electron chi connectivity index (χ4n) is 2.91. The zero-order chi connectivity index (χ0) is 22.9. The van der Waals surface area contributed by atoms with Gasteiger partial charge < -0.3 is 15.4 Å². The minimum absolute atomic E-state index is 0.0410. The molecule has 3 aromatic carbocycles. The van der Waals surface area contributed by atoms with Gasteiger partial charge in [0.2, 0.25) is 0 Å². The molecular weight excluding hydrogens is 402 g/mol. The molecule has 2 amide bonds. The lowest BCUT2D eigenvalue weighted by molar-refractivity contribution is -0.118. The van der Waals surface area contributed by atoms with E-state index in [9.17, 15) is 14.9 Å². The van der Waals surface area contributed by atoms with Gasteiger partial charge in [-0.3, -0.25) is 9.59 Å². The molecule has 0 atom stereocenters. The first-order valence-corrected chi connectivity index (χ1v) is 10.0. The number of aryl methyl sites for hydroxylation is 2. The zero-order valence-corrected chi connectivity index (χ0v) is 17.9. The molecule has 6 heteroatoms. The van der Waals surface area contributed by atoms with E-state index in [-0.39, 0.29) is 18.1 Å². The summed E-state index contributed by atoms with van der Waals surface area (Å²) in [5.74, 6) is -0.332. The highest BCUT2D eigenvalue weighted by atomic mass is 16.5. The monoisotopic (exact) mass is 425 g/mol. The number of hydrogen-bond donors (Lipinski definition) is 2. The van der Waals surface area contributed by atoms with Crippen LogP contribution in [0.25, 0.3) is 6.08 Å². The second-order valence-corrected chi connectivity index (χ2v) is 7.27. The van der Waals surface area contributed by atoms with Gasteiger partial charge in [0.15, 0.2) is 6.61 Å². The number of nitrogens with one attached hydrogen (secondary N) is 2. The number of nitrogens with zero attached hydrogens (tertiary/aromatic N) is 1. The van der Waals surface area contributed by atoms with Gasteiger partial charge in [-0.2, -0.15) is 5.26 Å². The first-order valence-electron chi connectivity index (χ1n) is 10.0. The minimum Gasteiger partial charge on any atom is -0.484 e. The molecule has 0 aliphatic rings. The van der Waals surface area contributed by atoms with E-state index >= 15 is 0 Å². The summed E-state index contributed by atoms with van der Waals surface area (Å²) < 4.78 is 5.56. The average molecular weight is 425 g/mol. The smallest absolute Gasteiger partial charge is 0.266 e. The van der Waals surface area contributed by atoms with Crippen molar-refractivity contribution in [3.05, 3.63) is 95.1 Å². The standard InChI is InChI=1S/C26H23N3O3/c1-18-9-11-22(12-10-18)28-25(30)17-32-24-8-4-6-20(15-24)14-21(16-27)26(31)29-23-7-3-5-19(2)13-23/h3-15H,17H2,1-2H3,(H,28,30)(H,29,31)/b21-14-. The van der Waals surface area contributed by atoms with Crippen molar-refractivity contribution in [2.24, 2.45) is 0 Å². The van der Waals surface area contributed by atoms with Crippen LogP contribution in [0.1, 0.15) is 16.7 Å². The van der Waals surface area contributed by atoms with Crippen LogP contribution in [0.2, 0.25) is 0 Å². The predicted molar refractivity (Wildman–Crippen MR) is 125 cm³/mol. The van der Waals surface area contributed by atoms with E-state index < -0.39 is 5.91 Å². The SMILES string of the molecule is Cc1ccc(NC(=O)COc2cccc(/C=C(/C#N)C(=O)Nc3cccc(C)c3)c2)cc1. The second-order valence-electron chi connectivity index (χ2n) is 7.27. The van der Waals surface area contributed by atoms with E-state index in [1.165, 1.54) is 6.08 Å². The molecular formula is C26H23N3O3. The Morgan fingerprint density at radius 3 is 2.38 bits per heavy atom. The summed E-state index contributed by atoms with van der Waals surface area (Å²) in [6.45, 7) is 3.73. The maximum absolute atomic E-state index is 12.5. The maximum Gasteiger partial charge on any atom is 0.266 e. The van der Waals surface area contributed by atoms with E-state index in [2.05, 4.69) is 10.6 Å². The molecule has 0 saturated carbocycles. The summed E-state index contributed by atoms with van der Waals surface area (Å²) in [4.78, 5) is 24.6. The molecule has 160 valence electrons. The summed E-state index contributed by atoms with van der Waals surface area (Å²) in [5.41, 5.74) is 3.99. The molecule has 0 aromatic heterocycles. The molecule has 0 bridgehead atoms. The maximum atomic E-state index is 12.5.